The van der Waals surface area contributed by atoms with Gasteiger partial charge in [-0.05, 0) is 24.6 Å². The van der Waals surface area contributed by atoms with Crippen molar-refractivity contribution in [3.05, 3.63) is 44.9 Å². The topological polar surface area (TPSA) is 89.4 Å². The number of nitrogens with one attached hydrogen (secondary N) is 2. The molecule has 0 radical (unpaired) electrons. The van der Waals surface area contributed by atoms with Crippen molar-refractivity contribution in [2.75, 3.05) is 22.9 Å². The molecule has 1 aromatic carbocycles. The van der Waals surface area contributed by atoms with Crippen LogP contribution in [0.1, 0.15) is 19.8 Å². The van der Waals surface area contributed by atoms with Crippen molar-refractivity contribution in [3.8, 4) is 5.75 Å². The number of hydrogen-bond donors (Lipinski definition) is 2. The molecule has 0 unspecified atom stereocenters. The van der Waals surface area contributed by atoms with Crippen LogP contribution in [0.4, 0.5) is 21.6 Å². The van der Waals surface area contributed by atoms with Crippen molar-refractivity contribution < 1.29 is 17.5 Å². The summed E-state index contributed by atoms with van der Waals surface area (Å²) in [6.07, 6.45) is 1.19. The van der Waals surface area contributed by atoms with Gasteiger partial charge in [0.2, 0.25) is 10.0 Å². The summed E-state index contributed by atoms with van der Waals surface area (Å²) in [5.41, 5.74) is -0.322. The maximum absolute atomic E-state index is 14.2. The predicted molar refractivity (Wildman–Crippen MR) is 108 cm³/mol. The first-order valence-corrected chi connectivity index (χ1v) is 10.6. The molecule has 148 valence electrons. The largest absolute Gasteiger partial charge is 0.494 e. The number of halogens is 2. The summed E-state index contributed by atoms with van der Waals surface area (Å²) < 4.78 is 48.4. The number of benzene rings is 1. The van der Waals surface area contributed by atoms with Crippen LogP contribution in [-0.2, 0) is 17.1 Å². The van der Waals surface area contributed by atoms with Gasteiger partial charge in [0.25, 0.3) is 5.56 Å². The first kappa shape index (κ1) is 21.2. The average molecular weight is 462 g/mol. The van der Waals surface area contributed by atoms with E-state index >= 15 is 0 Å². The van der Waals surface area contributed by atoms with Crippen LogP contribution in [0, 0.1) is 5.82 Å². The van der Waals surface area contributed by atoms with E-state index in [0.717, 1.165) is 0 Å². The number of rotatable bonds is 8. The normalized spacial score (nSPS) is 11.3. The Morgan fingerprint density at radius 2 is 2.00 bits per heavy atom. The van der Waals surface area contributed by atoms with Crippen LogP contribution in [-0.4, -0.2) is 25.8 Å². The summed E-state index contributed by atoms with van der Waals surface area (Å²) >= 11 is 3.17. The quantitative estimate of drug-likeness (QED) is 0.626. The molecule has 0 bridgehead atoms. The summed E-state index contributed by atoms with van der Waals surface area (Å²) in [5.74, 6) is -0.542. The third kappa shape index (κ3) is 5.23. The molecule has 0 atom stereocenters. The van der Waals surface area contributed by atoms with E-state index in [9.17, 15) is 17.6 Å². The molecule has 0 aliphatic carbocycles. The van der Waals surface area contributed by atoms with Crippen molar-refractivity contribution in [1.82, 2.24) is 4.57 Å². The Morgan fingerprint density at radius 1 is 1.30 bits per heavy atom. The lowest BCUT2D eigenvalue weighted by Crippen LogP contribution is -2.24. The Bertz CT molecular complexity index is 992. The molecular formula is C17H21BrFN3O4S. The minimum Gasteiger partial charge on any atom is -0.494 e. The molecule has 2 aromatic rings. The van der Waals surface area contributed by atoms with Gasteiger partial charge in [0, 0.05) is 17.6 Å². The van der Waals surface area contributed by atoms with Crippen LogP contribution in [0.15, 0.2) is 33.5 Å². The number of sulfonamides is 1. The molecule has 0 fully saturated rings. The fourth-order valence-corrected chi connectivity index (χ4v) is 3.95. The number of methoxy groups -OCH3 is 1. The molecule has 1 aromatic heterocycles. The second-order valence-corrected chi connectivity index (χ2v) is 8.61. The Kier molecular flexibility index (Phi) is 6.88. The van der Waals surface area contributed by atoms with Crippen molar-refractivity contribution in [3.63, 3.8) is 0 Å². The Balaban J connectivity index is 2.57. The standard InChI is InChI=1S/C17H21BrFN3O4S/c1-4-5-8-27(24,25)21-16-14(26-3)10-15(23)22(2)17(16)20-13-7-6-11(18)9-12(13)19/h6-7,9-10,20-21H,4-5,8H2,1-3H3. The first-order chi connectivity index (χ1) is 12.7. The van der Waals surface area contributed by atoms with Crippen molar-refractivity contribution in [1.29, 1.82) is 0 Å². The zero-order valence-electron chi connectivity index (χ0n) is 15.2. The number of aromatic nitrogens is 1. The SMILES string of the molecule is CCCCS(=O)(=O)Nc1c(OC)cc(=O)n(C)c1Nc1ccc(Br)cc1F. The molecule has 0 aliphatic rings. The third-order valence-corrected chi connectivity index (χ3v) is 5.67. The molecule has 27 heavy (non-hydrogen) atoms. The second kappa shape index (κ2) is 8.75. The van der Waals surface area contributed by atoms with Crippen molar-refractivity contribution in [2.45, 2.75) is 19.8 Å². The molecule has 2 rings (SSSR count). The van der Waals surface area contributed by atoms with Crippen LogP contribution in [0.2, 0.25) is 0 Å². The van der Waals surface area contributed by atoms with E-state index in [-0.39, 0.29) is 28.7 Å². The van der Waals surface area contributed by atoms with E-state index in [4.69, 9.17) is 4.74 Å². The number of ether oxygens (including phenoxy) is 1. The molecule has 0 saturated heterocycles. The average Bonchev–Trinajstić information content (AvgIpc) is 2.61. The van der Waals surface area contributed by atoms with E-state index in [2.05, 4.69) is 26.0 Å². The van der Waals surface area contributed by atoms with Gasteiger partial charge in [-0.3, -0.25) is 14.1 Å². The monoisotopic (exact) mass is 461 g/mol. The Morgan fingerprint density at radius 3 is 2.59 bits per heavy atom. The number of nitrogens with zero attached hydrogens (tertiary/aromatic N) is 1. The zero-order valence-corrected chi connectivity index (χ0v) is 17.6. The van der Waals surface area contributed by atoms with Gasteiger partial charge in [-0.1, -0.05) is 29.3 Å². The molecule has 2 N–H and O–H groups in total. The molecule has 1 heterocycles. The molecule has 0 saturated carbocycles. The summed E-state index contributed by atoms with van der Waals surface area (Å²) in [6, 6.07) is 5.51. The van der Waals surface area contributed by atoms with E-state index in [1.165, 1.54) is 36.9 Å². The van der Waals surface area contributed by atoms with Gasteiger partial charge in [0.1, 0.15) is 17.3 Å². The van der Waals surface area contributed by atoms with Crippen LogP contribution in [0.5, 0.6) is 5.75 Å². The van der Waals surface area contributed by atoms with E-state index in [1.54, 1.807) is 6.07 Å². The first-order valence-electron chi connectivity index (χ1n) is 8.19. The number of unbranched alkanes of at least 4 members (excludes halogenated alkanes) is 1. The number of hydrogen-bond acceptors (Lipinski definition) is 5. The highest BCUT2D eigenvalue weighted by molar-refractivity contribution is 9.10. The molecule has 10 heteroatoms. The maximum Gasteiger partial charge on any atom is 0.255 e. The third-order valence-electron chi connectivity index (χ3n) is 3.83. The highest BCUT2D eigenvalue weighted by atomic mass is 79.9. The van der Waals surface area contributed by atoms with Crippen LogP contribution in [0.3, 0.4) is 0 Å². The maximum atomic E-state index is 14.2. The highest BCUT2D eigenvalue weighted by Gasteiger charge is 2.21. The molecule has 0 amide bonds. The lowest BCUT2D eigenvalue weighted by molar-refractivity contribution is 0.415. The molecule has 7 nitrogen and oxygen atoms in total. The minimum absolute atomic E-state index is 0.0398. The van der Waals surface area contributed by atoms with E-state index < -0.39 is 21.4 Å². The second-order valence-electron chi connectivity index (χ2n) is 5.86. The summed E-state index contributed by atoms with van der Waals surface area (Å²) in [6.45, 7) is 1.88. The lowest BCUT2D eigenvalue weighted by Gasteiger charge is -2.20. The van der Waals surface area contributed by atoms with Gasteiger partial charge in [0.05, 0.1) is 18.6 Å². The van der Waals surface area contributed by atoms with Crippen LogP contribution < -0.4 is 20.3 Å². The van der Waals surface area contributed by atoms with E-state index in [1.807, 2.05) is 6.92 Å². The number of anilines is 3. The predicted octanol–water partition coefficient (Wildman–Crippen LogP) is 3.58. The lowest BCUT2D eigenvalue weighted by atomic mass is 10.3. The van der Waals surface area contributed by atoms with Gasteiger partial charge in [-0.15, -0.1) is 0 Å². The molecule has 0 spiro atoms. The van der Waals surface area contributed by atoms with Gasteiger partial charge in [-0.25, -0.2) is 12.8 Å². The fraction of sp³-hybridized carbons (Fsp3) is 0.353. The zero-order chi connectivity index (χ0) is 20.2. The number of pyridine rings is 1. The smallest absolute Gasteiger partial charge is 0.255 e. The van der Waals surface area contributed by atoms with Gasteiger partial charge in [0.15, 0.2) is 5.75 Å². The van der Waals surface area contributed by atoms with Crippen LogP contribution in [0.25, 0.3) is 0 Å². The summed E-state index contributed by atoms with van der Waals surface area (Å²) in [7, 11) is -0.906. The van der Waals surface area contributed by atoms with Gasteiger partial charge in [-0.2, -0.15) is 0 Å². The summed E-state index contributed by atoms with van der Waals surface area (Å²) in [4.78, 5) is 12.2. The Hall–Kier alpha value is -2.07. The Labute approximate surface area is 165 Å². The molecule has 0 aliphatic heterocycles. The van der Waals surface area contributed by atoms with Gasteiger partial charge < -0.3 is 10.1 Å². The van der Waals surface area contributed by atoms with Gasteiger partial charge >= 0.3 is 0 Å². The van der Waals surface area contributed by atoms with Crippen LogP contribution >= 0.6 is 15.9 Å². The molecular weight excluding hydrogens is 441 g/mol. The van der Waals surface area contributed by atoms with Crippen molar-refractivity contribution >= 4 is 43.1 Å². The summed E-state index contributed by atoms with van der Waals surface area (Å²) in [5, 5.41) is 2.79. The fourth-order valence-electron chi connectivity index (χ4n) is 2.34. The van der Waals surface area contributed by atoms with E-state index in [0.29, 0.717) is 17.3 Å². The minimum atomic E-state index is -3.68. The van der Waals surface area contributed by atoms with Crippen molar-refractivity contribution in [2.24, 2.45) is 7.05 Å². The highest BCUT2D eigenvalue weighted by Crippen LogP contribution is 2.34.